The van der Waals surface area contributed by atoms with E-state index in [1.807, 2.05) is 25.1 Å². The average Bonchev–Trinajstić information content (AvgIpc) is 2.24. The molecular formula is C14H20O2. The minimum absolute atomic E-state index is 0.207. The molecule has 0 atom stereocenters. The third kappa shape index (κ3) is 4.05. The Morgan fingerprint density at radius 3 is 2.62 bits per heavy atom. The van der Waals surface area contributed by atoms with Gasteiger partial charge in [0.05, 0.1) is 12.2 Å². The molecule has 88 valence electrons. The molecule has 0 aliphatic carbocycles. The summed E-state index contributed by atoms with van der Waals surface area (Å²) in [4.78, 5) is 11.7. The normalized spacial score (nSPS) is 10.5. The fourth-order valence-corrected chi connectivity index (χ4v) is 1.54. The van der Waals surface area contributed by atoms with Crippen molar-refractivity contribution >= 4 is 5.97 Å². The molecule has 2 nitrogen and oxygen atoms in total. The second-order valence-electron chi connectivity index (χ2n) is 4.49. The van der Waals surface area contributed by atoms with Crippen LogP contribution in [0.5, 0.6) is 0 Å². The van der Waals surface area contributed by atoms with Crippen molar-refractivity contribution in [2.75, 3.05) is 6.61 Å². The Morgan fingerprint density at radius 1 is 1.31 bits per heavy atom. The molecule has 1 aromatic carbocycles. The van der Waals surface area contributed by atoms with Gasteiger partial charge in [0.1, 0.15) is 0 Å². The molecule has 0 aliphatic rings. The zero-order valence-electron chi connectivity index (χ0n) is 10.3. The lowest BCUT2D eigenvalue weighted by Gasteiger charge is -2.07. The molecule has 1 rings (SSSR count). The molecule has 0 amide bonds. The zero-order valence-corrected chi connectivity index (χ0v) is 10.3. The lowest BCUT2D eigenvalue weighted by atomic mass is 10.1. The summed E-state index contributed by atoms with van der Waals surface area (Å²) in [7, 11) is 0. The second kappa shape index (κ2) is 6.31. The molecule has 0 spiro atoms. The van der Waals surface area contributed by atoms with E-state index in [1.54, 1.807) is 6.07 Å². The third-order valence-electron chi connectivity index (χ3n) is 2.52. The highest BCUT2D eigenvalue weighted by Crippen LogP contribution is 2.09. The highest BCUT2D eigenvalue weighted by molar-refractivity contribution is 5.90. The summed E-state index contributed by atoms with van der Waals surface area (Å²) < 4.78 is 5.22. The average molecular weight is 220 g/mol. The molecule has 1 aromatic rings. The number of carbonyl (C=O) groups is 1. The molecule has 0 unspecified atom stereocenters. The predicted molar refractivity (Wildman–Crippen MR) is 65.5 cm³/mol. The van der Waals surface area contributed by atoms with Crippen LogP contribution in [0.4, 0.5) is 0 Å². The first-order valence-corrected chi connectivity index (χ1v) is 5.84. The lowest BCUT2D eigenvalue weighted by molar-refractivity contribution is 0.0494. The van der Waals surface area contributed by atoms with Crippen LogP contribution in [0.3, 0.4) is 0 Å². The SMILES string of the molecule is Cc1ccccc1C(=O)OCCCC(C)C. The Morgan fingerprint density at radius 2 is 2.00 bits per heavy atom. The van der Waals surface area contributed by atoms with E-state index in [-0.39, 0.29) is 5.97 Å². The minimum atomic E-state index is -0.207. The van der Waals surface area contributed by atoms with Crippen LogP contribution in [0, 0.1) is 12.8 Å². The largest absolute Gasteiger partial charge is 0.462 e. The summed E-state index contributed by atoms with van der Waals surface area (Å²) in [6, 6.07) is 7.51. The number of ether oxygens (including phenoxy) is 1. The maximum atomic E-state index is 11.7. The predicted octanol–water partition coefficient (Wildman–Crippen LogP) is 3.59. The molecule has 0 N–H and O–H groups in total. The zero-order chi connectivity index (χ0) is 12.0. The second-order valence-corrected chi connectivity index (χ2v) is 4.49. The van der Waals surface area contributed by atoms with Crippen LogP contribution < -0.4 is 0 Å². The lowest BCUT2D eigenvalue weighted by Crippen LogP contribution is -2.08. The van der Waals surface area contributed by atoms with Crippen molar-refractivity contribution in [1.29, 1.82) is 0 Å². The maximum absolute atomic E-state index is 11.7. The Bertz CT molecular complexity index is 342. The van der Waals surface area contributed by atoms with Crippen molar-refractivity contribution < 1.29 is 9.53 Å². The maximum Gasteiger partial charge on any atom is 0.338 e. The van der Waals surface area contributed by atoms with E-state index in [2.05, 4.69) is 13.8 Å². The first kappa shape index (κ1) is 12.8. The van der Waals surface area contributed by atoms with Crippen molar-refractivity contribution in [2.24, 2.45) is 5.92 Å². The van der Waals surface area contributed by atoms with Gasteiger partial charge >= 0.3 is 5.97 Å². The van der Waals surface area contributed by atoms with Gasteiger partial charge in [-0.15, -0.1) is 0 Å². The third-order valence-corrected chi connectivity index (χ3v) is 2.52. The Balaban J connectivity index is 2.39. The summed E-state index contributed by atoms with van der Waals surface area (Å²) in [6.07, 6.45) is 2.04. The van der Waals surface area contributed by atoms with Gasteiger partial charge in [0, 0.05) is 0 Å². The molecule has 16 heavy (non-hydrogen) atoms. The number of carbonyl (C=O) groups excluding carboxylic acids is 1. The standard InChI is InChI=1S/C14H20O2/c1-11(2)7-6-10-16-14(15)13-9-5-4-8-12(13)3/h4-5,8-9,11H,6-7,10H2,1-3H3. The topological polar surface area (TPSA) is 26.3 Å². The van der Waals surface area contributed by atoms with Crippen LogP contribution >= 0.6 is 0 Å². The molecule has 0 saturated heterocycles. The smallest absolute Gasteiger partial charge is 0.338 e. The molecule has 0 radical (unpaired) electrons. The van der Waals surface area contributed by atoms with E-state index < -0.39 is 0 Å². The molecular weight excluding hydrogens is 200 g/mol. The number of hydrogen-bond donors (Lipinski definition) is 0. The molecule has 0 heterocycles. The number of esters is 1. The van der Waals surface area contributed by atoms with Crippen LogP contribution in [0.15, 0.2) is 24.3 Å². The molecule has 0 bridgehead atoms. The fourth-order valence-electron chi connectivity index (χ4n) is 1.54. The molecule has 0 aliphatic heterocycles. The number of aryl methyl sites for hydroxylation is 1. The highest BCUT2D eigenvalue weighted by Gasteiger charge is 2.08. The van der Waals surface area contributed by atoms with Gasteiger partial charge in [-0.2, -0.15) is 0 Å². The Kier molecular flexibility index (Phi) is 5.03. The van der Waals surface area contributed by atoms with Gasteiger partial charge in [0.25, 0.3) is 0 Å². The fraction of sp³-hybridized carbons (Fsp3) is 0.500. The van der Waals surface area contributed by atoms with Crippen molar-refractivity contribution in [3.05, 3.63) is 35.4 Å². The summed E-state index contributed by atoms with van der Waals surface area (Å²) >= 11 is 0. The first-order valence-electron chi connectivity index (χ1n) is 5.84. The van der Waals surface area contributed by atoms with E-state index >= 15 is 0 Å². The monoisotopic (exact) mass is 220 g/mol. The first-order chi connectivity index (χ1) is 7.61. The van der Waals surface area contributed by atoms with Crippen LogP contribution in [0.2, 0.25) is 0 Å². The van der Waals surface area contributed by atoms with Crippen LogP contribution in [-0.4, -0.2) is 12.6 Å². The van der Waals surface area contributed by atoms with Gasteiger partial charge in [-0.1, -0.05) is 32.0 Å². The summed E-state index contributed by atoms with van der Waals surface area (Å²) in [5, 5.41) is 0. The van der Waals surface area contributed by atoms with Gasteiger partial charge < -0.3 is 4.74 Å². The molecule has 0 aromatic heterocycles. The van der Waals surface area contributed by atoms with Crippen LogP contribution in [-0.2, 0) is 4.74 Å². The van der Waals surface area contributed by atoms with E-state index in [9.17, 15) is 4.79 Å². The quantitative estimate of drug-likeness (QED) is 0.560. The number of rotatable bonds is 5. The number of hydrogen-bond acceptors (Lipinski definition) is 2. The van der Waals surface area contributed by atoms with Crippen molar-refractivity contribution in [2.45, 2.75) is 33.6 Å². The van der Waals surface area contributed by atoms with Gasteiger partial charge in [-0.25, -0.2) is 4.79 Å². The summed E-state index contributed by atoms with van der Waals surface area (Å²) in [6.45, 7) is 6.78. The van der Waals surface area contributed by atoms with E-state index in [0.717, 1.165) is 18.4 Å². The van der Waals surface area contributed by atoms with Gasteiger partial charge in [-0.3, -0.25) is 0 Å². The Hall–Kier alpha value is -1.31. The molecule has 0 fully saturated rings. The van der Waals surface area contributed by atoms with E-state index in [4.69, 9.17) is 4.74 Å². The number of benzene rings is 1. The van der Waals surface area contributed by atoms with Crippen molar-refractivity contribution in [1.82, 2.24) is 0 Å². The van der Waals surface area contributed by atoms with Gasteiger partial charge in [0.15, 0.2) is 0 Å². The van der Waals surface area contributed by atoms with E-state index in [1.165, 1.54) is 0 Å². The van der Waals surface area contributed by atoms with Crippen molar-refractivity contribution in [3.8, 4) is 0 Å². The summed E-state index contributed by atoms with van der Waals surface area (Å²) in [5.74, 6) is 0.457. The summed E-state index contributed by atoms with van der Waals surface area (Å²) in [5.41, 5.74) is 1.64. The van der Waals surface area contributed by atoms with Crippen LogP contribution in [0.25, 0.3) is 0 Å². The minimum Gasteiger partial charge on any atom is -0.462 e. The van der Waals surface area contributed by atoms with E-state index in [0.29, 0.717) is 18.1 Å². The highest BCUT2D eigenvalue weighted by atomic mass is 16.5. The van der Waals surface area contributed by atoms with Crippen molar-refractivity contribution in [3.63, 3.8) is 0 Å². The molecule has 0 saturated carbocycles. The molecule has 2 heteroatoms. The van der Waals surface area contributed by atoms with Crippen LogP contribution in [0.1, 0.15) is 42.6 Å². The van der Waals surface area contributed by atoms with Gasteiger partial charge in [-0.05, 0) is 37.3 Å². The Labute approximate surface area is 97.6 Å². The van der Waals surface area contributed by atoms with Gasteiger partial charge in [0.2, 0.25) is 0 Å².